The molecule has 7 nitrogen and oxygen atoms in total. The van der Waals surface area contributed by atoms with Crippen LogP contribution < -0.4 is 9.80 Å². The number of amides is 2. The largest absolute Gasteiger partial charge is 0.370 e. The highest BCUT2D eigenvalue weighted by molar-refractivity contribution is 6.35. The van der Waals surface area contributed by atoms with Crippen molar-refractivity contribution in [3.63, 3.8) is 0 Å². The van der Waals surface area contributed by atoms with E-state index in [0.717, 1.165) is 31.6 Å². The number of fused-ring (bicyclic) bond motifs is 2. The first-order chi connectivity index (χ1) is 13.3. The third-order valence-electron chi connectivity index (χ3n) is 5.35. The number of aromatic nitrogens is 2. The molecular formula is C20H18N4O3. The molecule has 3 heterocycles. The van der Waals surface area contributed by atoms with Gasteiger partial charge in [0.25, 0.3) is 11.8 Å². The second-order valence-electron chi connectivity index (χ2n) is 6.96. The van der Waals surface area contributed by atoms with Gasteiger partial charge in [0.1, 0.15) is 0 Å². The van der Waals surface area contributed by atoms with Crippen LogP contribution in [0.2, 0.25) is 0 Å². The number of nitrogens with zero attached hydrogens (tertiary/aromatic N) is 4. The summed E-state index contributed by atoms with van der Waals surface area (Å²) in [5, 5.41) is 8.09. The summed E-state index contributed by atoms with van der Waals surface area (Å²) in [6.07, 6.45) is 4.72. The van der Waals surface area contributed by atoms with Crippen LogP contribution in [0.15, 0.2) is 41.0 Å². The fourth-order valence-corrected chi connectivity index (χ4v) is 4.00. The summed E-state index contributed by atoms with van der Waals surface area (Å²) in [7, 11) is 0. The SMILES string of the molecule is O=C1c2ccccc2C(=O)N1c1ccc(N2CCCCCC2)c2nonc12. The van der Waals surface area contributed by atoms with Crippen LogP contribution in [-0.2, 0) is 0 Å². The molecule has 0 spiro atoms. The van der Waals surface area contributed by atoms with Gasteiger partial charge in [-0.3, -0.25) is 9.59 Å². The topological polar surface area (TPSA) is 79.5 Å². The quantitative estimate of drug-likeness (QED) is 0.650. The molecular weight excluding hydrogens is 344 g/mol. The monoisotopic (exact) mass is 362 g/mol. The zero-order valence-corrected chi connectivity index (χ0v) is 14.7. The van der Waals surface area contributed by atoms with Gasteiger partial charge in [0.15, 0.2) is 11.0 Å². The van der Waals surface area contributed by atoms with E-state index in [0.29, 0.717) is 27.8 Å². The van der Waals surface area contributed by atoms with E-state index in [9.17, 15) is 9.59 Å². The molecule has 0 unspecified atom stereocenters. The first kappa shape index (κ1) is 16.0. The fourth-order valence-electron chi connectivity index (χ4n) is 4.00. The number of carbonyl (C=O) groups is 2. The van der Waals surface area contributed by atoms with Gasteiger partial charge in [-0.15, -0.1) is 0 Å². The lowest BCUT2D eigenvalue weighted by Gasteiger charge is -2.23. The Morgan fingerprint density at radius 1 is 0.741 bits per heavy atom. The van der Waals surface area contributed by atoms with Crippen molar-refractivity contribution >= 4 is 34.2 Å². The molecule has 2 amide bonds. The zero-order valence-electron chi connectivity index (χ0n) is 14.7. The Kier molecular flexibility index (Phi) is 3.67. The second-order valence-corrected chi connectivity index (χ2v) is 6.96. The maximum absolute atomic E-state index is 12.8. The van der Waals surface area contributed by atoms with E-state index >= 15 is 0 Å². The van der Waals surface area contributed by atoms with Crippen molar-refractivity contribution in [3.05, 3.63) is 47.5 Å². The van der Waals surface area contributed by atoms with Gasteiger partial charge >= 0.3 is 0 Å². The van der Waals surface area contributed by atoms with Crippen LogP contribution >= 0.6 is 0 Å². The molecule has 0 bridgehead atoms. The fraction of sp³-hybridized carbons (Fsp3) is 0.300. The third-order valence-corrected chi connectivity index (χ3v) is 5.35. The van der Waals surface area contributed by atoms with E-state index in [1.54, 1.807) is 30.3 Å². The van der Waals surface area contributed by atoms with Crippen LogP contribution in [0.3, 0.4) is 0 Å². The molecule has 5 rings (SSSR count). The predicted molar refractivity (Wildman–Crippen MR) is 100 cm³/mol. The molecule has 27 heavy (non-hydrogen) atoms. The molecule has 0 aliphatic carbocycles. The molecule has 1 aromatic heterocycles. The molecule has 0 N–H and O–H groups in total. The van der Waals surface area contributed by atoms with Crippen molar-refractivity contribution in [2.45, 2.75) is 25.7 Å². The van der Waals surface area contributed by atoms with E-state index < -0.39 is 0 Å². The summed E-state index contributed by atoms with van der Waals surface area (Å²) in [4.78, 5) is 29.1. The van der Waals surface area contributed by atoms with Crippen LogP contribution in [-0.4, -0.2) is 35.2 Å². The van der Waals surface area contributed by atoms with Crippen molar-refractivity contribution in [2.24, 2.45) is 0 Å². The van der Waals surface area contributed by atoms with Crippen molar-refractivity contribution in [2.75, 3.05) is 22.9 Å². The van der Waals surface area contributed by atoms with Gasteiger partial charge in [-0.1, -0.05) is 25.0 Å². The minimum Gasteiger partial charge on any atom is -0.370 e. The molecule has 0 saturated carbocycles. The molecule has 136 valence electrons. The van der Waals surface area contributed by atoms with E-state index in [1.807, 2.05) is 6.07 Å². The molecule has 1 fully saturated rings. The van der Waals surface area contributed by atoms with Crippen LogP contribution in [0.25, 0.3) is 11.0 Å². The Bertz CT molecular complexity index is 1020. The first-order valence-corrected chi connectivity index (χ1v) is 9.24. The number of hydrogen-bond donors (Lipinski definition) is 0. The van der Waals surface area contributed by atoms with Crippen LogP contribution in [0.1, 0.15) is 46.4 Å². The lowest BCUT2D eigenvalue weighted by Crippen LogP contribution is -2.30. The predicted octanol–water partition coefficient (Wildman–Crippen LogP) is 3.40. The molecule has 1 saturated heterocycles. The number of benzene rings is 2. The standard InChI is InChI=1S/C20H18N4O3/c25-19-13-7-3-4-8-14(13)20(26)24(19)16-10-9-15(17-18(16)22-27-21-17)23-11-5-1-2-6-12-23/h3-4,7-10H,1-2,5-6,11-12H2. The molecule has 7 heteroatoms. The Balaban J connectivity index is 1.60. The summed E-state index contributed by atoms with van der Waals surface area (Å²) in [6.45, 7) is 1.91. The normalized spacial score (nSPS) is 17.5. The van der Waals surface area contributed by atoms with Crippen molar-refractivity contribution < 1.29 is 14.2 Å². The number of anilines is 2. The Hall–Kier alpha value is -3.22. The minimum absolute atomic E-state index is 0.345. The highest BCUT2D eigenvalue weighted by Crippen LogP contribution is 2.36. The molecule has 2 aliphatic rings. The van der Waals surface area contributed by atoms with E-state index in [-0.39, 0.29) is 11.8 Å². The van der Waals surface area contributed by atoms with Gasteiger partial charge in [-0.2, -0.15) is 0 Å². The number of rotatable bonds is 2. The molecule has 2 aliphatic heterocycles. The summed E-state index contributed by atoms with van der Waals surface area (Å²) in [5.41, 5.74) is 3.19. The van der Waals surface area contributed by atoms with Crippen LogP contribution in [0.4, 0.5) is 11.4 Å². The maximum Gasteiger partial charge on any atom is 0.266 e. The van der Waals surface area contributed by atoms with Gasteiger partial charge in [-0.05, 0) is 47.4 Å². The number of carbonyl (C=O) groups excluding carboxylic acids is 2. The highest BCUT2D eigenvalue weighted by atomic mass is 16.6. The third kappa shape index (κ3) is 2.42. The van der Waals surface area contributed by atoms with Gasteiger partial charge in [0.2, 0.25) is 0 Å². The summed E-state index contributed by atoms with van der Waals surface area (Å²) >= 11 is 0. The van der Waals surface area contributed by atoms with Crippen molar-refractivity contribution in [1.29, 1.82) is 0 Å². The molecule has 0 atom stereocenters. The lowest BCUT2D eigenvalue weighted by atomic mass is 10.1. The average Bonchev–Trinajstić information content (AvgIpc) is 3.15. The molecule has 3 aromatic rings. The van der Waals surface area contributed by atoms with Gasteiger partial charge in [-0.25, -0.2) is 9.53 Å². The molecule has 0 radical (unpaired) electrons. The zero-order chi connectivity index (χ0) is 18.4. The molecule has 2 aromatic carbocycles. The lowest BCUT2D eigenvalue weighted by molar-refractivity contribution is 0.0926. The van der Waals surface area contributed by atoms with Gasteiger partial charge < -0.3 is 4.90 Å². The Morgan fingerprint density at radius 3 is 1.93 bits per heavy atom. The van der Waals surface area contributed by atoms with Crippen LogP contribution in [0.5, 0.6) is 0 Å². The summed E-state index contributed by atoms with van der Waals surface area (Å²) < 4.78 is 5.00. The van der Waals surface area contributed by atoms with Gasteiger partial charge in [0.05, 0.1) is 22.5 Å². The number of hydrogen-bond acceptors (Lipinski definition) is 6. The van der Waals surface area contributed by atoms with Gasteiger partial charge in [0, 0.05) is 13.1 Å². The Morgan fingerprint density at radius 2 is 1.30 bits per heavy atom. The smallest absolute Gasteiger partial charge is 0.266 e. The summed E-state index contributed by atoms with van der Waals surface area (Å²) in [6, 6.07) is 10.5. The maximum atomic E-state index is 12.8. The van der Waals surface area contributed by atoms with Crippen molar-refractivity contribution in [3.8, 4) is 0 Å². The van der Waals surface area contributed by atoms with E-state index in [2.05, 4.69) is 15.2 Å². The van der Waals surface area contributed by atoms with E-state index in [4.69, 9.17) is 4.63 Å². The Labute approximate surface area is 155 Å². The highest BCUT2D eigenvalue weighted by Gasteiger charge is 2.38. The van der Waals surface area contributed by atoms with Crippen LogP contribution in [0, 0.1) is 0 Å². The minimum atomic E-state index is -0.345. The first-order valence-electron chi connectivity index (χ1n) is 9.24. The summed E-state index contributed by atoms with van der Waals surface area (Å²) in [5.74, 6) is -0.690. The second kappa shape index (κ2) is 6.19. The van der Waals surface area contributed by atoms with E-state index in [1.165, 1.54) is 17.7 Å². The number of imide groups is 1. The van der Waals surface area contributed by atoms with Crippen molar-refractivity contribution in [1.82, 2.24) is 10.3 Å². The average molecular weight is 362 g/mol.